The second kappa shape index (κ2) is 7.10. The van der Waals surface area contributed by atoms with Gasteiger partial charge in [0.1, 0.15) is 5.69 Å². The molecule has 3 rings (SSSR count). The highest BCUT2D eigenvalue weighted by Gasteiger charge is 2.14. The van der Waals surface area contributed by atoms with E-state index in [-0.39, 0.29) is 5.91 Å². The number of thiazole rings is 1. The van der Waals surface area contributed by atoms with Crippen LogP contribution in [0.1, 0.15) is 24.3 Å². The fourth-order valence-electron chi connectivity index (χ4n) is 2.70. The van der Waals surface area contributed by atoms with Gasteiger partial charge >= 0.3 is 0 Å². The molecule has 0 fully saturated rings. The van der Waals surface area contributed by atoms with Crippen LogP contribution in [0.25, 0.3) is 10.2 Å². The number of hydrogen-bond donors (Lipinski definition) is 0. The number of benzene rings is 1. The molecular formula is C17H20N4O3S. The van der Waals surface area contributed by atoms with Gasteiger partial charge in [0.2, 0.25) is 0 Å². The lowest BCUT2D eigenvalue weighted by Gasteiger charge is -2.08. The minimum absolute atomic E-state index is 0.299. The Labute approximate surface area is 149 Å². The van der Waals surface area contributed by atoms with Gasteiger partial charge in [0.05, 0.1) is 24.4 Å². The van der Waals surface area contributed by atoms with E-state index in [0.29, 0.717) is 35.1 Å². The molecule has 0 aliphatic rings. The summed E-state index contributed by atoms with van der Waals surface area (Å²) in [6.45, 7) is 5.27. The molecule has 25 heavy (non-hydrogen) atoms. The number of amides is 1. The molecule has 0 spiro atoms. The van der Waals surface area contributed by atoms with E-state index >= 15 is 0 Å². The smallest absolute Gasteiger partial charge is 0.297 e. The molecule has 7 nitrogen and oxygen atoms in total. The summed E-state index contributed by atoms with van der Waals surface area (Å²) in [4.78, 5) is 17.5. The minimum atomic E-state index is -0.299. The Morgan fingerprint density at radius 2 is 1.92 bits per heavy atom. The third kappa shape index (κ3) is 3.05. The number of methoxy groups -OCH3 is 2. The fraction of sp³-hybridized carbons (Fsp3) is 0.353. The van der Waals surface area contributed by atoms with Gasteiger partial charge in [-0.2, -0.15) is 10.1 Å². The topological polar surface area (TPSA) is 70.6 Å². The van der Waals surface area contributed by atoms with Crippen LogP contribution in [0, 0.1) is 0 Å². The fourth-order valence-corrected chi connectivity index (χ4v) is 3.80. The van der Waals surface area contributed by atoms with E-state index in [1.165, 1.54) is 11.3 Å². The van der Waals surface area contributed by atoms with E-state index in [0.717, 1.165) is 10.2 Å². The molecule has 2 aromatic heterocycles. The number of fused-ring (bicyclic) bond motifs is 1. The van der Waals surface area contributed by atoms with Crippen molar-refractivity contribution in [3.05, 3.63) is 34.9 Å². The van der Waals surface area contributed by atoms with Gasteiger partial charge in [-0.3, -0.25) is 9.48 Å². The van der Waals surface area contributed by atoms with Gasteiger partial charge < -0.3 is 14.0 Å². The first-order valence-electron chi connectivity index (χ1n) is 7.99. The largest absolute Gasteiger partial charge is 0.493 e. The van der Waals surface area contributed by atoms with Crippen molar-refractivity contribution < 1.29 is 14.3 Å². The van der Waals surface area contributed by atoms with Crippen LogP contribution in [0.2, 0.25) is 0 Å². The second-order valence-electron chi connectivity index (χ2n) is 5.25. The molecule has 0 aliphatic carbocycles. The molecular weight excluding hydrogens is 340 g/mol. The first-order chi connectivity index (χ1) is 12.1. The molecule has 0 radical (unpaired) electrons. The molecule has 0 saturated carbocycles. The lowest BCUT2D eigenvalue weighted by Crippen LogP contribution is -2.17. The monoisotopic (exact) mass is 360 g/mol. The second-order valence-corrected chi connectivity index (χ2v) is 6.26. The molecule has 0 aliphatic heterocycles. The van der Waals surface area contributed by atoms with E-state index in [4.69, 9.17) is 9.47 Å². The van der Waals surface area contributed by atoms with Crippen molar-refractivity contribution in [1.82, 2.24) is 14.3 Å². The average Bonchev–Trinajstić information content (AvgIpc) is 3.23. The maximum atomic E-state index is 12.6. The van der Waals surface area contributed by atoms with Gasteiger partial charge in [-0.25, -0.2) is 0 Å². The van der Waals surface area contributed by atoms with Crippen molar-refractivity contribution in [2.45, 2.75) is 26.9 Å². The Kier molecular flexibility index (Phi) is 4.89. The van der Waals surface area contributed by atoms with Crippen LogP contribution in [-0.2, 0) is 13.1 Å². The summed E-state index contributed by atoms with van der Waals surface area (Å²) in [5, 5.41) is 4.13. The zero-order valence-electron chi connectivity index (χ0n) is 14.6. The zero-order valence-corrected chi connectivity index (χ0v) is 15.5. The van der Waals surface area contributed by atoms with Gasteiger partial charge in [-0.05, 0) is 19.9 Å². The molecule has 0 unspecified atom stereocenters. The maximum Gasteiger partial charge on any atom is 0.297 e. The predicted octanol–water partition coefficient (Wildman–Crippen LogP) is 2.70. The number of aromatic nitrogens is 3. The number of carbonyl (C=O) groups is 1. The van der Waals surface area contributed by atoms with Crippen LogP contribution < -0.4 is 14.3 Å². The Bertz CT molecular complexity index is 984. The standard InChI is InChI=1S/C17H20N4O3S/c1-5-20-12-9-13(23-3)14(24-4)10-15(12)25-17(20)19-16(22)11-7-8-18-21(11)6-2/h7-10H,5-6H2,1-4H3. The Morgan fingerprint density at radius 3 is 2.56 bits per heavy atom. The van der Waals surface area contributed by atoms with Gasteiger partial charge in [-0.1, -0.05) is 11.3 Å². The summed E-state index contributed by atoms with van der Waals surface area (Å²) in [7, 11) is 3.21. The summed E-state index contributed by atoms with van der Waals surface area (Å²) in [6, 6.07) is 5.50. The maximum absolute atomic E-state index is 12.6. The minimum Gasteiger partial charge on any atom is -0.493 e. The summed E-state index contributed by atoms with van der Waals surface area (Å²) >= 11 is 1.45. The first kappa shape index (κ1) is 17.2. The Balaban J connectivity index is 2.17. The van der Waals surface area contributed by atoms with E-state index in [1.807, 2.05) is 30.5 Å². The predicted molar refractivity (Wildman–Crippen MR) is 96.4 cm³/mol. The molecule has 1 aromatic carbocycles. The van der Waals surface area contributed by atoms with Crippen LogP contribution >= 0.6 is 11.3 Å². The highest BCUT2D eigenvalue weighted by Crippen LogP contribution is 2.33. The van der Waals surface area contributed by atoms with Gasteiger partial charge in [0.25, 0.3) is 5.91 Å². The molecule has 0 N–H and O–H groups in total. The summed E-state index contributed by atoms with van der Waals surface area (Å²) in [5.74, 6) is 1.01. The Hall–Kier alpha value is -2.61. The van der Waals surface area contributed by atoms with Gasteiger partial charge in [0.15, 0.2) is 16.3 Å². The molecule has 0 atom stereocenters. The average molecular weight is 360 g/mol. The molecule has 1 amide bonds. The summed E-state index contributed by atoms with van der Waals surface area (Å²) in [6.07, 6.45) is 1.61. The number of ether oxygens (including phenoxy) is 2. The lowest BCUT2D eigenvalue weighted by atomic mass is 10.3. The number of hydrogen-bond acceptors (Lipinski definition) is 5. The normalized spacial score (nSPS) is 11.9. The molecule has 0 saturated heterocycles. The van der Waals surface area contributed by atoms with E-state index in [1.54, 1.807) is 31.2 Å². The van der Waals surface area contributed by atoms with Crippen molar-refractivity contribution in [3.63, 3.8) is 0 Å². The molecule has 132 valence electrons. The van der Waals surface area contributed by atoms with Crippen molar-refractivity contribution in [3.8, 4) is 11.5 Å². The van der Waals surface area contributed by atoms with Crippen LogP contribution in [-0.4, -0.2) is 34.5 Å². The van der Waals surface area contributed by atoms with E-state index in [9.17, 15) is 4.79 Å². The SMILES string of the molecule is CCn1nccc1C(=O)N=c1sc2cc(OC)c(OC)cc2n1CC. The third-order valence-electron chi connectivity index (χ3n) is 3.94. The quantitative estimate of drug-likeness (QED) is 0.701. The molecule has 2 heterocycles. The van der Waals surface area contributed by atoms with E-state index < -0.39 is 0 Å². The number of aryl methyl sites for hydroxylation is 2. The van der Waals surface area contributed by atoms with Gasteiger partial charge in [0, 0.05) is 31.4 Å². The Morgan fingerprint density at radius 1 is 1.20 bits per heavy atom. The number of carbonyl (C=O) groups excluding carboxylic acids is 1. The van der Waals surface area contributed by atoms with Crippen LogP contribution in [0.5, 0.6) is 11.5 Å². The van der Waals surface area contributed by atoms with Crippen molar-refractivity contribution in [2.24, 2.45) is 4.99 Å². The molecule has 0 bridgehead atoms. The van der Waals surface area contributed by atoms with Crippen LogP contribution in [0.4, 0.5) is 0 Å². The van der Waals surface area contributed by atoms with Crippen molar-refractivity contribution in [2.75, 3.05) is 14.2 Å². The summed E-state index contributed by atoms with van der Waals surface area (Å²) < 4.78 is 15.4. The van der Waals surface area contributed by atoms with E-state index in [2.05, 4.69) is 10.1 Å². The zero-order chi connectivity index (χ0) is 18.0. The number of rotatable bonds is 5. The summed E-state index contributed by atoms with van der Waals surface area (Å²) in [5.41, 5.74) is 1.44. The lowest BCUT2D eigenvalue weighted by molar-refractivity contribution is 0.0987. The van der Waals surface area contributed by atoms with Crippen molar-refractivity contribution >= 4 is 27.5 Å². The van der Waals surface area contributed by atoms with Crippen LogP contribution in [0.3, 0.4) is 0 Å². The van der Waals surface area contributed by atoms with Crippen molar-refractivity contribution in [1.29, 1.82) is 0 Å². The van der Waals surface area contributed by atoms with Crippen LogP contribution in [0.15, 0.2) is 29.4 Å². The number of nitrogens with zero attached hydrogens (tertiary/aromatic N) is 4. The molecule has 8 heteroatoms. The highest BCUT2D eigenvalue weighted by atomic mass is 32.1. The first-order valence-corrected chi connectivity index (χ1v) is 8.80. The van der Waals surface area contributed by atoms with Gasteiger partial charge in [-0.15, -0.1) is 0 Å². The third-order valence-corrected chi connectivity index (χ3v) is 4.98. The molecule has 3 aromatic rings. The highest BCUT2D eigenvalue weighted by molar-refractivity contribution is 7.16.